The molecule has 1 aromatic rings. The van der Waals surface area contributed by atoms with Gasteiger partial charge in [0.2, 0.25) is 5.91 Å². The van der Waals surface area contributed by atoms with Gasteiger partial charge in [0.05, 0.1) is 0 Å². The van der Waals surface area contributed by atoms with Gasteiger partial charge < -0.3 is 10.4 Å². The Hall–Kier alpha value is -0.870. The molecule has 1 aliphatic carbocycles. The molecule has 0 heterocycles. The number of amides is 1. The van der Waals surface area contributed by atoms with Gasteiger partial charge in [-0.2, -0.15) is 0 Å². The summed E-state index contributed by atoms with van der Waals surface area (Å²) in [5.41, 5.74) is 1.23. The van der Waals surface area contributed by atoms with Crippen LogP contribution in [0.3, 0.4) is 0 Å². The number of benzene rings is 1. The molecular weight excluding hydrogens is 294 g/mol. The molecule has 4 heteroatoms. The average Bonchev–Trinajstić information content (AvgIpc) is 3.16. The van der Waals surface area contributed by atoms with Crippen LogP contribution < -0.4 is 5.32 Å². The van der Waals surface area contributed by atoms with Gasteiger partial charge in [0, 0.05) is 23.5 Å². The molecule has 3 atom stereocenters. The Morgan fingerprint density at radius 3 is 2.78 bits per heavy atom. The second kappa shape index (κ2) is 5.85. The van der Waals surface area contributed by atoms with Crippen LogP contribution in [0.25, 0.3) is 0 Å². The average molecular weight is 312 g/mol. The van der Waals surface area contributed by atoms with Crippen LogP contribution in [0.2, 0.25) is 0 Å². The Kier molecular flexibility index (Phi) is 4.40. The summed E-state index contributed by atoms with van der Waals surface area (Å²) >= 11 is 3.40. The standard InChI is InChI=1S/C14H18BrNO2/c1-9(8-17)7-16-14(18)13-6-12(13)10-2-4-11(15)5-3-10/h2-5,9,12-13,17H,6-8H2,1H3,(H,16,18). The fourth-order valence-corrected chi connectivity index (χ4v) is 2.30. The van der Waals surface area contributed by atoms with E-state index in [-0.39, 0.29) is 24.3 Å². The normalized spacial score (nSPS) is 23.5. The molecule has 3 unspecified atom stereocenters. The first-order valence-electron chi connectivity index (χ1n) is 6.26. The van der Waals surface area contributed by atoms with Crippen molar-refractivity contribution in [2.75, 3.05) is 13.2 Å². The molecule has 18 heavy (non-hydrogen) atoms. The van der Waals surface area contributed by atoms with Crippen LogP contribution in [-0.2, 0) is 4.79 Å². The topological polar surface area (TPSA) is 49.3 Å². The smallest absolute Gasteiger partial charge is 0.223 e. The molecular formula is C14H18BrNO2. The van der Waals surface area contributed by atoms with Crippen molar-refractivity contribution in [3.8, 4) is 0 Å². The second-order valence-electron chi connectivity index (χ2n) is 5.03. The van der Waals surface area contributed by atoms with E-state index >= 15 is 0 Å². The minimum Gasteiger partial charge on any atom is -0.396 e. The summed E-state index contributed by atoms with van der Waals surface area (Å²) in [5.74, 6) is 0.710. The fourth-order valence-electron chi connectivity index (χ4n) is 2.03. The highest BCUT2D eigenvalue weighted by molar-refractivity contribution is 9.10. The van der Waals surface area contributed by atoms with Crippen LogP contribution in [0.15, 0.2) is 28.7 Å². The zero-order valence-electron chi connectivity index (χ0n) is 10.4. The van der Waals surface area contributed by atoms with Gasteiger partial charge >= 0.3 is 0 Å². The van der Waals surface area contributed by atoms with Gasteiger partial charge in [0.1, 0.15) is 0 Å². The van der Waals surface area contributed by atoms with E-state index in [4.69, 9.17) is 5.11 Å². The first-order chi connectivity index (χ1) is 8.61. The lowest BCUT2D eigenvalue weighted by Crippen LogP contribution is -2.31. The molecule has 0 spiro atoms. The number of hydrogen-bond donors (Lipinski definition) is 2. The van der Waals surface area contributed by atoms with Crippen molar-refractivity contribution < 1.29 is 9.90 Å². The van der Waals surface area contributed by atoms with E-state index in [0.29, 0.717) is 12.5 Å². The molecule has 2 N–H and O–H groups in total. The van der Waals surface area contributed by atoms with Gasteiger partial charge in [0.15, 0.2) is 0 Å². The summed E-state index contributed by atoms with van der Waals surface area (Å²) in [7, 11) is 0. The largest absolute Gasteiger partial charge is 0.396 e. The minimum atomic E-state index is 0.108. The van der Waals surface area contributed by atoms with E-state index in [2.05, 4.69) is 33.4 Å². The predicted molar refractivity (Wildman–Crippen MR) is 74.2 cm³/mol. The van der Waals surface area contributed by atoms with Crippen LogP contribution in [0, 0.1) is 11.8 Å². The van der Waals surface area contributed by atoms with E-state index in [1.54, 1.807) is 0 Å². The molecule has 1 amide bonds. The number of carbonyl (C=O) groups excluding carboxylic acids is 1. The lowest BCUT2D eigenvalue weighted by atomic mass is 10.1. The van der Waals surface area contributed by atoms with Crippen molar-refractivity contribution in [3.63, 3.8) is 0 Å². The second-order valence-corrected chi connectivity index (χ2v) is 5.95. The predicted octanol–water partition coefficient (Wildman–Crippen LogP) is 2.30. The summed E-state index contributed by atoms with van der Waals surface area (Å²) in [5, 5.41) is 11.8. The van der Waals surface area contributed by atoms with Crippen LogP contribution >= 0.6 is 15.9 Å². The lowest BCUT2D eigenvalue weighted by molar-refractivity contribution is -0.122. The summed E-state index contributed by atoms with van der Waals surface area (Å²) in [6.45, 7) is 2.58. The van der Waals surface area contributed by atoms with Crippen molar-refractivity contribution in [2.24, 2.45) is 11.8 Å². The highest BCUT2D eigenvalue weighted by atomic mass is 79.9. The van der Waals surface area contributed by atoms with E-state index in [1.165, 1.54) is 5.56 Å². The molecule has 1 aromatic carbocycles. The molecule has 0 radical (unpaired) electrons. The summed E-state index contributed by atoms with van der Waals surface area (Å²) in [4.78, 5) is 11.9. The molecule has 0 aliphatic heterocycles. The molecule has 98 valence electrons. The highest BCUT2D eigenvalue weighted by Crippen LogP contribution is 2.47. The zero-order chi connectivity index (χ0) is 13.1. The first kappa shape index (κ1) is 13.6. The molecule has 1 aliphatic rings. The Labute approximate surface area is 116 Å². The fraction of sp³-hybridized carbons (Fsp3) is 0.500. The van der Waals surface area contributed by atoms with E-state index in [9.17, 15) is 4.79 Å². The zero-order valence-corrected chi connectivity index (χ0v) is 12.0. The van der Waals surface area contributed by atoms with Crippen molar-refractivity contribution >= 4 is 21.8 Å². The molecule has 1 saturated carbocycles. The van der Waals surface area contributed by atoms with Crippen LogP contribution in [0.5, 0.6) is 0 Å². The van der Waals surface area contributed by atoms with Gasteiger partial charge in [-0.25, -0.2) is 0 Å². The molecule has 2 rings (SSSR count). The SMILES string of the molecule is CC(CO)CNC(=O)C1CC1c1ccc(Br)cc1. The maximum absolute atomic E-state index is 11.9. The van der Waals surface area contributed by atoms with Crippen LogP contribution in [-0.4, -0.2) is 24.2 Å². The summed E-state index contributed by atoms with van der Waals surface area (Å²) in [6.07, 6.45) is 0.932. The minimum absolute atomic E-state index is 0.108. The van der Waals surface area contributed by atoms with Gasteiger partial charge in [0.25, 0.3) is 0 Å². The van der Waals surface area contributed by atoms with Gasteiger partial charge in [-0.3, -0.25) is 4.79 Å². The molecule has 0 aromatic heterocycles. The van der Waals surface area contributed by atoms with E-state index < -0.39 is 0 Å². The maximum Gasteiger partial charge on any atom is 0.223 e. The Morgan fingerprint density at radius 2 is 2.17 bits per heavy atom. The highest BCUT2D eigenvalue weighted by Gasteiger charge is 2.43. The van der Waals surface area contributed by atoms with Gasteiger partial charge in [-0.1, -0.05) is 35.0 Å². The number of aliphatic hydroxyl groups is 1. The monoisotopic (exact) mass is 311 g/mol. The maximum atomic E-state index is 11.9. The number of rotatable bonds is 5. The van der Waals surface area contributed by atoms with Gasteiger partial charge in [-0.05, 0) is 36.0 Å². The van der Waals surface area contributed by atoms with Gasteiger partial charge in [-0.15, -0.1) is 0 Å². The third-order valence-corrected chi connectivity index (χ3v) is 3.89. The number of carbonyl (C=O) groups is 1. The van der Waals surface area contributed by atoms with Crippen molar-refractivity contribution in [1.82, 2.24) is 5.32 Å². The van der Waals surface area contributed by atoms with Crippen molar-refractivity contribution in [3.05, 3.63) is 34.3 Å². The first-order valence-corrected chi connectivity index (χ1v) is 7.05. The summed E-state index contributed by atoms with van der Waals surface area (Å²) in [6, 6.07) is 8.16. The molecule has 0 bridgehead atoms. The quantitative estimate of drug-likeness (QED) is 0.876. The Bertz CT molecular complexity index is 418. The van der Waals surface area contributed by atoms with E-state index in [0.717, 1.165) is 10.9 Å². The third-order valence-electron chi connectivity index (χ3n) is 3.36. The third kappa shape index (κ3) is 3.33. The van der Waals surface area contributed by atoms with Crippen LogP contribution in [0.4, 0.5) is 0 Å². The molecule has 0 saturated heterocycles. The van der Waals surface area contributed by atoms with Crippen molar-refractivity contribution in [1.29, 1.82) is 0 Å². The Morgan fingerprint density at radius 1 is 1.50 bits per heavy atom. The molecule has 1 fully saturated rings. The van der Waals surface area contributed by atoms with Crippen molar-refractivity contribution in [2.45, 2.75) is 19.3 Å². The Balaban J connectivity index is 1.83. The molecule has 3 nitrogen and oxygen atoms in total. The van der Waals surface area contributed by atoms with Crippen LogP contribution in [0.1, 0.15) is 24.8 Å². The number of hydrogen-bond acceptors (Lipinski definition) is 2. The lowest BCUT2D eigenvalue weighted by Gasteiger charge is -2.09. The van der Waals surface area contributed by atoms with E-state index in [1.807, 2.05) is 19.1 Å². The number of aliphatic hydroxyl groups excluding tert-OH is 1. The number of halogens is 1. The summed E-state index contributed by atoms with van der Waals surface area (Å²) < 4.78 is 1.06. The number of nitrogens with one attached hydrogen (secondary N) is 1.